The lowest BCUT2D eigenvalue weighted by Gasteiger charge is -2.23. The van der Waals surface area contributed by atoms with Crippen molar-refractivity contribution >= 4 is 18.3 Å². The maximum absolute atomic E-state index is 11.8. The minimum atomic E-state index is 0. The predicted octanol–water partition coefficient (Wildman–Crippen LogP) is 1.48. The molecule has 0 aromatic carbocycles. The van der Waals surface area contributed by atoms with Crippen molar-refractivity contribution in [1.29, 1.82) is 0 Å². The molecule has 1 saturated heterocycles. The number of ether oxygens (including phenoxy) is 2. The summed E-state index contributed by atoms with van der Waals surface area (Å²) in [6, 6.07) is 0.0792. The minimum Gasteiger partial charge on any atom is -0.381 e. The lowest BCUT2D eigenvalue weighted by molar-refractivity contribution is -0.123. The Morgan fingerprint density at radius 2 is 2.05 bits per heavy atom. The summed E-state index contributed by atoms with van der Waals surface area (Å²) in [6.07, 6.45) is 3.44. The van der Waals surface area contributed by atoms with Crippen LogP contribution in [0.5, 0.6) is 0 Å². The van der Waals surface area contributed by atoms with Gasteiger partial charge in [-0.3, -0.25) is 4.79 Å². The lowest BCUT2D eigenvalue weighted by Crippen LogP contribution is -2.41. The van der Waals surface area contributed by atoms with E-state index in [2.05, 4.69) is 19.2 Å². The van der Waals surface area contributed by atoms with Crippen molar-refractivity contribution in [3.8, 4) is 0 Å². The first kappa shape index (κ1) is 19.6. The molecule has 0 aromatic rings. The zero-order valence-electron chi connectivity index (χ0n) is 12.6. The van der Waals surface area contributed by atoms with Crippen LogP contribution in [-0.4, -0.2) is 44.4 Å². The van der Waals surface area contributed by atoms with Crippen molar-refractivity contribution in [3.05, 3.63) is 0 Å². The molecular formula is C14H29ClN2O3. The van der Waals surface area contributed by atoms with E-state index in [1.165, 1.54) is 0 Å². The Kier molecular flexibility index (Phi) is 11.1. The second-order valence-corrected chi connectivity index (χ2v) is 5.56. The van der Waals surface area contributed by atoms with E-state index in [0.717, 1.165) is 32.5 Å². The molecule has 1 rings (SSSR count). The molecule has 120 valence electrons. The largest absolute Gasteiger partial charge is 0.381 e. The molecule has 3 N–H and O–H groups in total. The molecule has 1 aliphatic rings. The second kappa shape index (κ2) is 11.3. The van der Waals surface area contributed by atoms with Crippen molar-refractivity contribution < 1.29 is 14.3 Å². The van der Waals surface area contributed by atoms with Gasteiger partial charge in [-0.05, 0) is 25.2 Å². The summed E-state index contributed by atoms with van der Waals surface area (Å²) in [7, 11) is 0. The monoisotopic (exact) mass is 308 g/mol. The molecule has 5 nitrogen and oxygen atoms in total. The fraction of sp³-hybridized carbons (Fsp3) is 0.929. The number of nitrogens with two attached hydrogens (primary N) is 1. The SMILES string of the molecule is CC(C)CC(CN)NC(=O)CCOC1CCOCC1.Cl. The molecule has 1 aliphatic heterocycles. The summed E-state index contributed by atoms with van der Waals surface area (Å²) in [5, 5.41) is 2.97. The van der Waals surface area contributed by atoms with Gasteiger partial charge in [-0.25, -0.2) is 0 Å². The van der Waals surface area contributed by atoms with Crippen LogP contribution < -0.4 is 11.1 Å². The molecule has 0 aromatic heterocycles. The molecule has 6 heteroatoms. The fourth-order valence-corrected chi connectivity index (χ4v) is 2.24. The Morgan fingerprint density at radius 1 is 1.40 bits per heavy atom. The summed E-state index contributed by atoms with van der Waals surface area (Å²) in [5.74, 6) is 0.565. The van der Waals surface area contributed by atoms with Gasteiger partial charge in [0.15, 0.2) is 0 Å². The third-order valence-electron chi connectivity index (χ3n) is 3.26. The average Bonchev–Trinajstić information content (AvgIpc) is 2.38. The van der Waals surface area contributed by atoms with E-state index in [1.54, 1.807) is 0 Å². The van der Waals surface area contributed by atoms with Gasteiger partial charge in [-0.1, -0.05) is 13.8 Å². The molecule has 1 unspecified atom stereocenters. The molecular weight excluding hydrogens is 280 g/mol. The van der Waals surface area contributed by atoms with Crippen LogP contribution in [0.25, 0.3) is 0 Å². The van der Waals surface area contributed by atoms with Gasteiger partial charge in [0, 0.05) is 32.2 Å². The van der Waals surface area contributed by atoms with Crippen LogP contribution >= 0.6 is 12.4 Å². The molecule has 0 bridgehead atoms. The van der Waals surface area contributed by atoms with Gasteiger partial charge >= 0.3 is 0 Å². The number of nitrogens with one attached hydrogen (secondary N) is 1. The Morgan fingerprint density at radius 3 is 2.60 bits per heavy atom. The Hall–Kier alpha value is -0.360. The van der Waals surface area contributed by atoms with Crippen LogP contribution in [0.1, 0.15) is 39.5 Å². The van der Waals surface area contributed by atoms with E-state index in [9.17, 15) is 4.79 Å². The van der Waals surface area contributed by atoms with E-state index in [4.69, 9.17) is 15.2 Å². The molecule has 1 fully saturated rings. The summed E-state index contributed by atoms with van der Waals surface area (Å²) in [5.41, 5.74) is 5.66. The molecule has 0 saturated carbocycles. The average molecular weight is 309 g/mol. The Labute approximate surface area is 128 Å². The highest BCUT2D eigenvalue weighted by atomic mass is 35.5. The van der Waals surface area contributed by atoms with Crippen LogP contribution in [-0.2, 0) is 14.3 Å². The standard InChI is InChI=1S/C14H28N2O3.ClH/c1-11(2)9-12(10-15)16-14(17)5-8-19-13-3-6-18-7-4-13;/h11-13H,3-10,15H2,1-2H3,(H,16,17);1H. The quantitative estimate of drug-likeness (QED) is 0.712. The van der Waals surface area contributed by atoms with Crippen molar-refractivity contribution in [3.63, 3.8) is 0 Å². The van der Waals surface area contributed by atoms with E-state index >= 15 is 0 Å². The highest BCUT2D eigenvalue weighted by molar-refractivity contribution is 5.85. The maximum atomic E-state index is 11.8. The summed E-state index contributed by atoms with van der Waals surface area (Å²) in [6.45, 7) is 6.76. The molecule has 1 atom stereocenters. The van der Waals surface area contributed by atoms with Crippen molar-refractivity contribution in [2.75, 3.05) is 26.4 Å². The number of hydrogen-bond acceptors (Lipinski definition) is 4. The molecule has 0 spiro atoms. The van der Waals surface area contributed by atoms with E-state index in [1.807, 2.05) is 0 Å². The van der Waals surface area contributed by atoms with Crippen LogP contribution in [0.4, 0.5) is 0 Å². The first-order chi connectivity index (χ1) is 9.11. The first-order valence-electron chi connectivity index (χ1n) is 7.30. The van der Waals surface area contributed by atoms with Gasteiger partial charge in [0.1, 0.15) is 0 Å². The van der Waals surface area contributed by atoms with Gasteiger partial charge in [-0.15, -0.1) is 12.4 Å². The molecule has 20 heavy (non-hydrogen) atoms. The van der Waals surface area contributed by atoms with E-state index in [0.29, 0.717) is 25.5 Å². The summed E-state index contributed by atoms with van der Waals surface area (Å²) in [4.78, 5) is 11.8. The highest BCUT2D eigenvalue weighted by Gasteiger charge is 2.16. The summed E-state index contributed by atoms with van der Waals surface area (Å²) >= 11 is 0. The lowest BCUT2D eigenvalue weighted by atomic mass is 10.0. The molecule has 1 heterocycles. The number of rotatable bonds is 8. The number of amides is 1. The van der Waals surface area contributed by atoms with Crippen molar-refractivity contribution in [2.45, 2.75) is 51.7 Å². The van der Waals surface area contributed by atoms with Gasteiger partial charge in [0.2, 0.25) is 5.91 Å². The second-order valence-electron chi connectivity index (χ2n) is 5.56. The van der Waals surface area contributed by atoms with E-state index in [-0.39, 0.29) is 30.5 Å². The first-order valence-corrected chi connectivity index (χ1v) is 7.30. The third-order valence-corrected chi connectivity index (χ3v) is 3.26. The van der Waals surface area contributed by atoms with Crippen molar-refractivity contribution in [1.82, 2.24) is 5.32 Å². The minimum absolute atomic E-state index is 0. The zero-order valence-corrected chi connectivity index (χ0v) is 13.4. The number of carbonyl (C=O) groups excluding carboxylic acids is 1. The van der Waals surface area contributed by atoms with Gasteiger partial charge in [-0.2, -0.15) is 0 Å². The van der Waals surface area contributed by atoms with Crippen LogP contribution in [0.3, 0.4) is 0 Å². The highest BCUT2D eigenvalue weighted by Crippen LogP contribution is 2.10. The smallest absolute Gasteiger partial charge is 0.222 e. The van der Waals surface area contributed by atoms with Crippen LogP contribution in [0.15, 0.2) is 0 Å². The molecule has 0 radical (unpaired) electrons. The van der Waals surface area contributed by atoms with Gasteiger partial charge < -0.3 is 20.5 Å². The zero-order chi connectivity index (χ0) is 14.1. The number of hydrogen-bond donors (Lipinski definition) is 2. The normalized spacial score (nSPS) is 17.6. The predicted molar refractivity (Wildman–Crippen MR) is 82.1 cm³/mol. The van der Waals surface area contributed by atoms with Crippen LogP contribution in [0.2, 0.25) is 0 Å². The maximum Gasteiger partial charge on any atom is 0.222 e. The Balaban J connectivity index is 0.00000361. The number of carbonyl (C=O) groups is 1. The molecule has 0 aliphatic carbocycles. The Bertz CT molecular complexity index is 259. The van der Waals surface area contributed by atoms with Crippen molar-refractivity contribution in [2.24, 2.45) is 11.7 Å². The van der Waals surface area contributed by atoms with Crippen LogP contribution in [0, 0.1) is 5.92 Å². The van der Waals surface area contributed by atoms with E-state index < -0.39 is 0 Å². The molecule has 1 amide bonds. The summed E-state index contributed by atoms with van der Waals surface area (Å²) < 4.78 is 10.9. The fourth-order valence-electron chi connectivity index (χ4n) is 2.24. The topological polar surface area (TPSA) is 73.6 Å². The van der Waals surface area contributed by atoms with Gasteiger partial charge in [0.25, 0.3) is 0 Å². The van der Waals surface area contributed by atoms with Gasteiger partial charge in [0.05, 0.1) is 12.7 Å². The number of halogens is 1. The third kappa shape index (κ3) is 8.74.